The molecule has 86 valence electrons. The number of hydrogen-bond donors (Lipinski definition) is 3. The molecule has 15 heavy (non-hydrogen) atoms. The van der Waals surface area contributed by atoms with E-state index >= 15 is 0 Å². The number of nitrogens with zero attached hydrogens (tertiary/aromatic N) is 1. The minimum absolute atomic E-state index is 0.0429. The van der Waals surface area contributed by atoms with Crippen LogP contribution in [0.25, 0.3) is 0 Å². The lowest BCUT2D eigenvalue weighted by molar-refractivity contribution is 0.147. The number of aromatic amines is 1. The largest absolute Gasteiger partial charge is 0.379 e. The maximum Gasteiger partial charge on any atom is 0.257 e. The van der Waals surface area contributed by atoms with Crippen LogP contribution in [0.4, 0.5) is 0 Å². The van der Waals surface area contributed by atoms with Gasteiger partial charge in [0.05, 0.1) is 19.4 Å². The zero-order valence-electron chi connectivity index (χ0n) is 8.14. The fourth-order valence-electron chi connectivity index (χ4n) is 0.904. The van der Waals surface area contributed by atoms with Crippen LogP contribution in [0.3, 0.4) is 0 Å². The molecule has 0 saturated carbocycles. The summed E-state index contributed by atoms with van der Waals surface area (Å²) in [5.41, 5.74) is 5.20. The third kappa shape index (κ3) is 3.96. The molecular formula is C7H14N4O3S. The van der Waals surface area contributed by atoms with Gasteiger partial charge < -0.3 is 10.5 Å². The van der Waals surface area contributed by atoms with Crippen LogP contribution in [0.2, 0.25) is 0 Å². The molecule has 0 unspecified atom stereocenters. The maximum atomic E-state index is 11.5. The summed E-state index contributed by atoms with van der Waals surface area (Å²) in [6, 6.07) is 1.38. The predicted octanol–water partition coefficient (Wildman–Crippen LogP) is -1.34. The van der Waals surface area contributed by atoms with Gasteiger partial charge in [0.15, 0.2) is 5.03 Å². The van der Waals surface area contributed by atoms with E-state index in [1.807, 2.05) is 0 Å². The molecule has 7 nitrogen and oxygen atoms in total. The van der Waals surface area contributed by atoms with Crippen molar-refractivity contribution in [2.24, 2.45) is 5.73 Å². The van der Waals surface area contributed by atoms with Crippen molar-refractivity contribution in [3.63, 3.8) is 0 Å². The zero-order valence-corrected chi connectivity index (χ0v) is 8.96. The highest BCUT2D eigenvalue weighted by molar-refractivity contribution is 7.89. The summed E-state index contributed by atoms with van der Waals surface area (Å²) in [5, 5.41) is 5.97. The minimum Gasteiger partial charge on any atom is -0.379 e. The van der Waals surface area contributed by atoms with Gasteiger partial charge in [0.1, 0.15) is 0 Å². The Balaban J connectivity index is 2.32. The first kappa shape index (κ1) is 12.1. The van der Waals surface area contributed by atoms with Crippen molar-refractivity contribution < 1.29 is 13.2 Å². The van der Waals surface area contributed by atoms with Gasteiger partial charge in [-0.15, -0.1) is 0 Å². The minimum atomic E-state index is -3.48. The Morgan fingerprint density at radius 3 is 2.93 bits per heavy atom. The van der Waals surface area contributed by atoms with Gasteiger partial charge in [0.2, 0.25) is 0 Å². The second kappa shape index (κ2) is 5.81. The molecule has 0 saturated heterocycles. The fourth-order valence-corrected chi connectivity index (χ4v) is 1.82. The van der Waals surface area contributed by atoms with Crippen molar-refractivity contribution in [1.29, 1.82) is 0 Å². The molecule has 1 rings (SSSR count). The predicted molar refractivity (Wildman–Crippen MR) is 53.6 cm³/mol. The number of sulfonamides is 1. The summed E-state index contributed by atoms with van der Waals surface area (Å²) in [5.74, 6) is 0. The van der Waals surface area contributed by atoms with Crippen LogP contribution >= 0.6 is 0 Å². The first-order valence-electron chi connectivity index (χ1n) is 4.43. The standard InChI is InChI=1S/C7H14N4O3S/c8-2-5-14-6-4-10-15(12,13)7-1-3-9-11-7/h1,3,10H,2,4-6,8H2,(H,9,11). The number of nitrogens with one attached hydrogen (secondary N) is 2. The lowest BCUT2D eigenvalue weighted by Crippen LogP contribution is -2.28. The maximum absolute atomic E-state index is 11.5. The molecule has 0 radical (unpaired) electrons. The van der Waals surface area contributed by atoms with Crippen molar-refractivity contribution in [2.75, 3.05) is 26.3 Å². The Morgan fingerprint density at radius 2 is 2.33 bits per heavy atom. The van der Waals surface area contributed by atoms with Gasteiger partial charge in [-0.05, 0) is 6.07 Å². The average Bonchev–Trinajstić information content (AvgIpc) is 2.70. The van der Waals surface area contributed by atoms with Gasteiger partial charge in [-0.25, -0.2) is 13.1 Å². The Morgan fingerprint density at radius 1 is 1.53 bits per heavy atom. The van der Waals surface area contributed by atoms with Gasteiger partial charge >= 0.3 is 0 Å². The Bertz CT molecular complexity index is 362. The lowest BCUT2D eigenvalue weighted by Gasteiger charge is -2.04. The molecule has 0 aliphatic rings. The van der Waals surface area contributed by atoms with Crippen LogP contribution in [0.5, 0.6) is 0 Å². The van der Waals surface area contributed by atoms with Crippen LogP contribution < -0.4 is 10.5 Å². The summed E-state index contributed by atoms with van der Waals surface area (Å²) in [4.78, 5) is 0. The third-order valence-electron chi connectivity index (χ3n) is 1.57. The molecule has 0 amide bonds. The van der Waals surface area contributed by atoms with Gasteiger partial charge in [0.25, 0.3) is 10.0 Å². The van der Waals surface area contributed by atoms with E-state index < -0.39 is 10.0 Å². The van der Waals surface area contributed by atoms with Crippen LogP contribution in [0.15, 0.2) is 17.3 Å². The first-order valence-corrected chi connectivity index (χ1v) is 5.92. The zero-order chi connectivity index (χ0) is 11.1. The van der Waals surface area contributed by atoms with Crippen LogP contribution in [0, 0.1) is 0 Å². The molecule has 1 heterocycles. The number of hydrogen-bond acceptors (Lipinski definition) is 5. The van der Waals surface area contributed by atoms with E-state index in [-0.39, 0.29) is 11.6 Å². The summed E-state index contributed by atoms with van der Waals surface area (Å²) in [6.07, 6.45) is 1.37. The van der Waals surface area contributed by atoms with Crippen molar-refractivity contribution in [3.8, 4) is 0 Å². The topological polar surface area (TPSA) is 110 Å². The molecule has 0 aliphatic carbocycles. The SMILES string of the molecule is NCCOCCNS(=O)(=O)c1ccn[nH]1. The van der Waals surface area contributed by atoms with E-state index in [1.54, 1.807) is 0 Å². The van der Waals surface area contributed by atoms with E-state index in [1.165, 1.54) is 12.3 Å². The van der Waals surface area contributed by atoms with Gasteiger partial charge in [-0.2, -0.15) is 5.10 Å². The molecule has 0 atom stereocenters. The van der Waals surface area contributed by atoms with Crippen LogP contribution in [-0.4, -0.2) is 44.9 Å². The van der Waals surface area contributed by atoms with Crippen LogP contribution in [-0.2, 0) is 14.8 Å². The third-order valence-corrected chi connectivity index (χ3v) is 2.96. The highest BCUT2D eigenvalue weighted by Crippen LogP contribution is 2.00. The quantitative estimate of drug-likeness (QED) is 0.506. The Labute approximate surface area is 88.1 Å². The second-order valence-corrected chi connectivity index (χ2v) is 4.46. The molecule has 0 spiro atoms. The first-order chi connectivity index (χ1) is 7.17. The average molecular weight is 234 g/mol. The number of H-pyrrole nitrogens is 1. The van der Waals surface area contributed by atoms with E-state index in [2.05, 4.69) is 14.9 Å². The van der Waals surface area contributed by atoms with E-state index in [9.17, 15) is 8.42 Å². The molecule has 8 heteroatoms. The molecule has 0 aromatic carbocycles. The molecule has 1 aromatic rings. The molecular weight excluding hydrogens is 220 g/mol. The highest BCUT2D eigenvalue weighted by atomic mass is 32.2. The summed E-state index contributed by atoms with van der Waals surface area (Å²) >= 11 is 0. The Hall–Kier alpha value is -0.960. The van der Waals surface area contributed by atoms with E-state index in [4.69, 9.17) is 10.5 Å². The van der Waals surface area contributed by atoms with Gasteiger partial charge in [-0.3, -0.25) is 5.10 Å². The van der Waals surface area contributed by atoms with Crippen molar-refractivity contribution in [1.82, 2.24) is 14.9 Å². The molecule has 1 aromatic heterocycles. The molecule has 0 bridgehead atoms. The van der Waals surface area contributed by atoms with E-state index in [0.717, 1.165) is 0 Å². The monoisotopic (exact) mass is 234 g/mol. The van der Waals surface area contributed by atoms with Crippen molar-refractivity contribution >= 4 is 10.0 Å². The second-order valence-electron chi connectivity index (χ2n) is 2.72. The number of rotatable bonds is 7. The smallest absolute Gasteiger partial charge is 0.257 e. The number of nitrogens with two attached hydrogens (primary N) is 1. The van der Waals surface area contributed by atoms with Crippen molar-refractivity contribution in [3.05, 3.63) is 12.3 Å². The van der Waals surface area contributed by atoms with Crippen LogP contribution in [0.1, 0.15) is 0 Å². The highest BCUT2D eigenvalue weighted by Gasteiger charge is 2.13. The summed E-state index contributed by atoms with van der Waals surface area (Å²) in [7, 11) is -3.48. The lowest BCUT2D eigenvalue weighted by atomic mass is 10.7. The molecule has 4 N–H and O–H groups in total. The van der Waals surface area contributed by atoms with Gasteiger partial charge in [0, 0.05) is 13.1 Å². The fraction of sp³-hybridized carbons (Fsp3) is 0.571. The number of ether oxygens (including phenoxy) is 1. The summed E-state index contributed by atoms with van der Waals surface area (Å²) < 4.78 is 30.3. The van der Waals surface area contributed by atoms with Crippen molar-refractivity contribution in [2.45, 2.75) is 5.03 Å². The van der Waals surface area contributed by atoms with E-state index in [0.29, 0.717) is 19.8 Å². The molecule has 0 fully saturated rings. The van der Waals surface area contributed by atoms with Gasteiger partial charge in [-0.1, -0.05) is 0 Å². The molecule has 0 aliphatic heterocycles. The summed E-state index contributed by atoms with van der Waals surface area (Å²) in [6.45, 7) is 1.35. The number of aromatic nitrogens is 2. The normalized spacial score (nSPS) is 11.8. The Kier molecular flexibility index (Phi) is 4.69.